The van der Waals surface area contributed by atoms with Crippen LogP contribution in [0.4, 0.5) is 0 Å². The summed E-state index contributed by atoms with van der Waals surface area (Å²) in [6.45, 7) is 2.76. The van der Waals surface area contributed by atoms with E-state index in [-0.39, 0.29) is 5.56 Å². The molecule has 2 rings (SSSR count). The maximum atomic E-state index is 11.4. The van der Waals surface area contributed by atoms with Crippen LogP contribution in [-0.4, -0.2) is 12.1 Å². The monoisotopic (exact) mass is 207 g/mol. The van der Waals surface area contributed by atoms with E-state index in [1.165, 1.54) is 17.5 Å². The fourth-order valence-electron chi connectivity index (χ4n) is 2.30. The summed E-state index contributed by atoms with van der Waals surface area (Å²) in [5, 5.41) is 0. The second kappa shape index (κ2) is 4.19. The molecule has 1 atom stereocenters. The predicted molar refractivity (Wildman–Crippen MR) is 59.0 cm³/mol. The van der Waals surface area contributed by atoms with Crippen molar-refractivity contribution in [1.29, 1.82) is 0 Å². The van der Waals surface area contributed by atoms with E-state index >= 15 is 0 Å². The van der Waals surface area contributed by atoms with Gasteiger partial charge in [0.2, 0.25) is 5.56 Å². The molecule has 1 aromatic heterocycles. The summed E-state index contributed by atoms with van der Waals surface area (Å²) in [5.74, 6) is 0.707. The second-order valence-corrected chi connectivity index (χ2v) is 4.40. The zero-order valence-corrected chi connectivity index (χ0v) is 9.30. The van der Waals surface area contributed by atoms with E-state index in [0.717, 1.165) is 18.5 Å². The SMILES string of the molecule is COCc1[nH]c(=O)cc2c1CC(C)CC2. The highest BCUT2D eigenvalue weighted by Gasteiger charge is 2.18. The van der Waals surface area contributed by atoms with Crippen LogP contribution in [0.1, 0.15) is 30.2 Å². The van der Waals surface area contributed by atoms with Gasteiger partial charge in [0.1, 0.15) is 0 Å². The molecule has 1 heterocycles. The van der Waals surface area contributed by atoms with Crippen LogP contribution in [0.5, 0.6) is 0 Å². The Hall–Kier alpha value is -1.09. The molecule has 0 fully saturated rings. The number of pyridine rings is 1. The van der Waals surface area contributed by atoms with Gasteiger partial charge in [0.15, 0.2) is 0 Å². The van der Waals surface area contributed by atoms with Crippen molar-refractivity contribution < 1.29 is 4.74 Å². The number of aryl methyl sites for hydroxylation is 1. The van der Waals surface area contributed by atoms with Gasteiger partial charge in [-0.3, -0.25) is 4.79 Å². The third-order valence-electron chi connectivity index (χ3n) is 3.08. The first-order valence-corrected chi connectivity index (χ1v) is 5.43. The van der Waals surface area contributed by atoms with Crippen LogP contribution >= 0.6 is 0 Å². The molecule has 0 bridgehead atoms. The van der Waals surface area contributed by atoms with E-state index in [4.69, 9.17) is 4.74 Å². The molecule has 0 radical (unpaired) electrons. The molecule has 0 saturated heterocycles. The van der Waals surface area contributed by atoms with Crippen LogP contribution in [0.2, 0.25) is 0 Å². The van der Waals surface area contributed by atoms with Crippen LogP contribution in [0.3, 0.4) is 0 Å². The van der Waals surface area contributed by atoms with Crippen LogP contribution in [0, 0.1) is 5.92 Å². The topological polar surface area (TPSA) is 42.1 Å². The van der Waals surface area contributed by atoms with Crippen molar-refractivity contribution in [3.05, 3.63) is 33.2 Å². The van der Waals surface area contributed by atoms with Gasteiger partial charge in [-0.25, -0.2) is 0 Å². The number of fused-ring (bicyclic) bond motifs is 1. The van der Waals surface area contributed by atoms with Crippen LogP contribution < -0.4 is 5.56 Å². The zero-order chi connectivity index (χ0) is 10.8. The summed E-state index contributed by atoms with van der Waals surface area (Å²) < 4.78 is 5.11. The van der Waals surface area contributed by atoms with Crippen molar-refractivity contribution in [3.63, 3.8) is 0 Å². The lowest BCUT2D eigenvalue weighted by Gasteiger charge is -2.23. The molecule has 1 N–H and O–H groups in total. The number of nitrogens with one attached hydrogen (secondary N) is 1. The summed E-state index contributed by atoms with van der Waals surface area (Å²) in [4.78, 5) is 14.3. The number of aromatic amines is 1. The normalized spacial score (nSPS) is 20.0. The highest BCUT2D eigenvalue weighted by molar-refractivity contribution is 5.32. The number of hydrogen-bond donors (Lipinski definition) is 1. The van der Waals surface area contributed by atoms with E-state index in [9.17, 15) is 4.79 Å². The van der Waals surface area contributed by atoms with Gasteiger partial charge in [0, 0.05) is 18.9 Å². The number of ether oxygens (including phenoxy) is 1. The molecule has 1 aromatic rings. The lowest BCUT2D eigenvalue weighted by molar-refractivity contribution is 0.180. The zero-order valence-electron chi connectivity index (χ0n) is 9.30. The summed E-state index contributed by atoms with van der Waals surface area (Å²) in [6.07, 6.45) is 3.27. The highest BCUT2D eigenvalue weighted by Crippen LogP contribution is 2.26. The Labute approximate surface area is 89.5 Å². The summed E-state index contributed by atoms with van der Waals surface area (Å²) in [5.41, 5.74) is 3.47. The van der Waals surface area contributed by atoms with Crippen LogP contribution in [0.25, 0.3) is 0 Å². The maximum absolute atomic E-state index is 11.4. The van der Waals surface area contributed by atoms with E-state index in [0.29, 0.717) is 12.5 Å². The predicted octanol–water partition coefficient (Wildman–Crippen LogP) is 1.65. The summed E-state index contributed by atoms with van der Waals surface area (Å²) in [7, 11) is 1.66. The molecule has 1 aliphatic carbocycles. The van der Waals surface area contributed by atoms with E-state index in [1.807, 2.05) is 0 Å². The van der Waals surface area contributed by atoms with Gasteiger partial charge in [-0.15, -0.1) is 0 Å². The highest BCUT2D eigenvalue weighted by atomic mass is 16.5. The molecule has 0 spiro atoms. The molecule has 0 aromatic carbocycles. The molecule has 0 amide bonds. The molecule has 1 aliphatic rings. The Kier molecular flexibility index (Phi) is 2.91. The van der Waals surface area contributed by atoms with Crippen molar-refractivity contribution in [2.75, 3.05) is 7.11 Å². The minimum atomic E-state index is -0.00430. The maximum Gasteiger partial charge on any atom is 0.248 e. The van der Waals surface area contributed by atoms with Crippen molar-refractivity contribution in [2.45, 2.75) is 32.8 Å². The minimum Gasteiger partial charge on any atom is -0.378 e. The number of methoxy groups -OCH3 is 1. The third-order valence-corrected chi connectivity index (χ3v) is 3.08. The van der Waals surface area contributed by atoms with E-state index in [1.54, 1.807) is 13.2 Å². The molecule has 0 aliphatic heterocycles. The standard InChI is InChI=1S/C12H17NO2/c1-8-3-4-9-6-12(14)13-11(7-15-2)10(9)5-8/h6,8H,3-5,7H2,1-2H3,(H,13,14). The van der Waals surface area contributed by atoms with Gasteiger partial charge in [0.25, 0.3) is 0 Å². The second-order valence-electron chi connectivity index (χ2n) is 4.40. The Morgan fingerprint density at radius 3 is 3.13 bits per heavy atom. The first-order valence-electron chi connectivity index (χ1n) is 5.43. The molecular weight excluding hydrogens is 190 g/mol. The lowest BCUT2D eigenvalue weighted by Crippen LogP contribution is -2.20. The average Bonchev–Trinajstić information content (AvgIpc) is 2.19. The number of aromatic nitrogens is 1. The first kappa shape index (κ1) is 10.4. The molecular formula is C12H17NO2. The number of H-pyrrole nitrogens is 1. The Balaban J connectivity index is 2.45. The Morgan fingerprint density at radius 2 is 2.40 bits per heavy atom. The van der Waals surface area contributed by atoms with Crippen LogP contribution in [-0.2, 0) is 24.2 Å². The molecule has 82 valence electrons. The van der Waals surface area contributed by atoms with Crippen molar-refractivity contribution >= 4 is 0 Å². The van der Waals surface area contributed by atoms with Gasteiger partial charge in [-0.05, 0) is 36.3 Å². The third kappa shape index (κ3) is 2.12. The lowest BCUT2D eigenvalue weighted by atomic mass is 9.84. The van der Waals surface area contributed by atoms with E-state index < -0.39 is 0 Å². The van der Waals surface area contributed by atoms with Crippen LogP contribution in [0.15, 0.2) is 10.9 Å². The van der Waals surface area contributed by atoms with Crippen molar-refractivity contribution in [2.24, 2.45) is 5.92 Å². The fraction of sp³-hybridized carbons (Fsp3) is 0.583. The van der Waals surface area contributed by atoms with Gasteiger partial charge in [0.05, 0.1) is 6.61 Å². The largest absolute Gasteiger partial charge is 0.378 e. The smallest absolute Gasteiger partial charge is 0.248 e. The summed E-state index contributed by atoms with van der Waals surface area (Å²) >= 11 is 0. The first-order chi connectivity index (χ1) is 7.20. The Bertz CT molecular complexity index is 409. The van der Waals surface area contributed by atoms with Gasteiger partial charge >= 0.3 is 0 Å². The van der Waals surface area contributed by atoms with Crippen molar-refractivity contribution in [3.8, 4) is 0 Å². The fourth-order valence-corrected chi connectivity index (χ4v) is 2.30. The molecule has 0 saturated carbocycles. The van der Waals surface area contributed by atoms with Crippen molar-refractivity contribution in [1.82, 2.24) is 4.98 Å². The number of hydrogen-bond acceptors (Lipinski definition) is 2. The van der Waals surface area contributed by atoms with Gasteiger partial charge < -0.3 is 9.72 Å². The Morgan fingerprint density at radius 1 is 1.60 bits per heavy atom. The quantitative estimate of drug-likeness (QED) is 0.801. The molecule has 3 nitrogen and oxygen atoms in total. The summed E-state index contributed by atoms with van der Waals surface area (Å²) in [6, 6.07) is 1.74. The minimum absolute atomic E-state index is 0.00430. The van der Waals surface area contributed by atoms with E-state index in [2.05, 4.69) is 11.9 Å². The molecule has 3 heteroatoms. The average molecular weight is 207 g/mol. The molecule has 1 unspecified atom stereocenters. The van der Waals surface area contributed by atoms with Gasteiger partial charge in [-0.1, -0.05) is 6.92 Å². The molecule has 15 heavy (non-hydrogen) atoms. The van der Waals surface area contributed by atoms with Gasteiger partial charge in [-0.2, -0.15) is 0 Å². The number of rotatable bonds is 2.